The fraction of sp³-hybridized carbons (Fsp3) is 0.615. The van der Waals surface area contributed by atoms with Gasteiger partial charge in [0.2, 0.25) is 0 Å². The van der Waals surface area contributed by atoms with Crippen molar-refractivity contribution in [1.82, 2.24) is 10.5 Å². The van der Waals surface area contributed by atoms with Crippen LogP contribution < -0.4 is 5.32 Å². The first-order valence-corrected chi connectivity index (χ1v) is 7.66. The van der Waals surface area contributed by atoms with Crippen LogP contribution in [0, 0.1) is 13.8 Å². The van der Waals surface area contributed by atoms with E-state index in [2.05, 4.69) is 10.5 Å². The van der Waals surface area contributed by atoms with E-state index in [1.807, 2.05) is 13.8 Å². The van der Waals surface area contributed by atoms with Gasteiger partial charge in [-0.3, -0.25) is 9.59 Å². The average molecular weight is 298 g/mol. The van der Waals surface area contributed by atoms with Gasteiger partial charge in [-0.15, -0.1) is 11.8 Å². The van der Waals surface area contributed by atoms with E-state index in [1.165, 1.54) is 11.8 Å². The summed E-state index contributed by atoms with van der Waals surface area (Å²) in [4.78, 5) is 22.8. The largest absolute Gasteiger partial charge is 0.455 e. The summed E-state index contributed by atoms with van der Waals surface area (Å²) in [5.74, 6) is 1.02. The van der Waals surface area contributed by atoms with Gasteiger partial charge >= 0.3 is 5.97 Å². The Kier molecular flexibility index (Phi) is 5.05. The minimum Gasteiger partial charge on any atom is -0.455 e. The summed E-state index contributed by atoms with van der Waals surface area (Å²) in [6.45, 7) is 3.52. The van der Waals surface area contributed by atoms with E-state index < -0.39 is 0 Å². The highest BCUT2D eigenvalue weighted by Crippen LogP contribution is 2.19. The third-order valence-corrected chi connectivity index (χ3v) is 3.89. The SMILES string of the molecule is Cc1noc(C)c1CSCC(=O)OCC(=O)NC1CC1. The van der Waals surface area contributed by atoms with Crippen LogP contribution in [0.25, 0.3) is 0 Å². The van der Waals surface area contributed by atoms with Gasteiger partial charge in [0.1, 0.15) is 5.76 Å². The van der Waals surface area contributed by atoms with Crippen molar-refractivity contribution < 1.29 is 18.8 Å². The normalized spacial score (nSPS) is 14.1. The van der Waals surface area contributed by atoms with Crippen LogP contribution in [-0.2, 0) is 20.1 Å². The molecule has 0 radical (unpaired) electrons. The van der Waals surface area contributed by atoms with Gasteiger partial charge in [-0.05, 0) is 26.7 Å². The van der Waals surface area contributed by atoms with Gasteiger partial charge in [0, 0.05) is 17.4 Å². The fourth-order valence-corrected chi connectivity index (χ4v) is 2.60. The molecule has 0 spiro atoms. The molecule has 1 aliphatic carbocycles. The van der Waals surface area contributed by atoms with Crippen LogP contribution in [0.2, 0.25) is 0 Å². The number of aromatic nitrogens is 1. The topological polar surface area (TPSA) is 81.4 Å². The van der Waals surface area contributed by atoms with E-state index in [9.17, 15) is 9.59 Å². The van der Waals surface area contributed by atoms with Gasteiger partial charge in [0.25, 0.3) is 5.91 Å². The van der Waals surface area contributed by atoms with Gasteiger partial charge in [-0.1, -0.05) is 5.16 Å². The second kappa shape index (κ2) is 6.78. The van der Waals surface area contributed by atoms with Gasteiger partial charge < -0.3 is 14.6 Å². The third-order valence-electron chi connectivity index (χ3n) is 2.95. The summed E-state index contributed by atoms with van der Waals surface area (Å²) in [6, 6.07) is 0.287. The smallest absolute Gasteiger partial charge is 0.316 e. The first kappa shape index (κ1) is 14.9. The summed E-state index contributed by atoms with van der Waals surface area (Å²) in [5, 5.41) is 6.61. The average Bonchev–Trinajstić information content (AvgIpc) is 3.16. The molecule has 0 atom stereocenters. The van der Waals surface area contributed by atoms with E-state index in [4.69, 9.17) is 9.26 Å². The number of amides is 1. The van der Waals surface area contributed by atoms with Gasteiger partial charge in [-0.2, -0.15) is 0 Å². The zero-order valence-corrected chi connectivity index (χ0v) is 12.4. The molecule has 1 fully saturated rings. The van der Waals surface area contributed by atoms with Crippen LogP contribution in [0.3, 0.4) is 0 Å². The predicted octanol–water partition coefficient (Wildman–Crippen LogP) is 1.35. The first-order valence-electron chi connectivity index (χ1n) is 6.50. The fourth-order valence-electron chi connectivity index (χ4n) is 1.63. The number of ether oxygens (including phenoxy) is 1. The molecular formula is C13H18N2O4S. The van der Waals surface area contributed by atoms with Crippen LogP contribution >= 0.6 is 11.8 Å². The Bertz CT molecular complexity index is 477. The molecule has 1 aromatic heterocycles. The van der Waals surface area contributed by atoms with E-state index in [0.717, 1.165) is 29.9 Å². The first-order chi connectivity index (χ1) is 9.56. The molecule has 1 N–H and O–H groups in total. The Hall–Kier alpha value is -1.50. The minimum absolute atomic E-state index is 0.193. The maximum atomic E-state index is 11.5. The Morgan fingerprint density at radius 2 is 2.20 bits per heavy atom. The summed E-state index contributed by atoms with van der Waals surface area (Å²) < 4.78 is 9.94. The van der Waals surface area contributed by atoms with Crippen LogP contribution in [0.1, 0.15) is 29.9 Å². The molecule has 0 unspecified atom stereocenters. The molecule has 1 heterocycles. The number of aryl methyl sites for hydroxylation is 2. The molecule has 1 aliphatic rings. The number of carbonyl (C=O) groups is 2. The maximum absolute atomic E-state index is 11.5. The van der Waals surface area contributed by atoms with Gasteiger partial charge in [0.05, 0.1) is 11.4 Å². The highest BCUT2D eigenvalue weighted by molar-refractivity contribution is 7.99. The molecule has 0 saturated heterocycles. The standard InChI is InChI=1S/C13H18N2O4S/c1-8-11(9(2)19-15-8)6-20-7-13(17)18-5-12(16)14-10-3-4-10/h10H,3-7H2,1-2H3,(H,14,16). The Morgan fingerprint density at radius 3 is 2.80 bits per heavy atom. The number of hydrogen-bond acceptors (Lipinski definition) is 6. The van der Waals surface area contributed by atoms with E-state index in [0.29, 0.717) is 5.75 Å². The second-order valence-corrected chi connectivity index (χ2v) is 5.78. The zero-order valence-electron chi connectivity index (χ0n) is 11.6. The van der Waals surface area contributed by atoms with Crippen molar-refractivity contribution in [3.63, 3.8) is 0 Å². The molecule has 20 heavy (non-hydrogen) atoms. The summed E-state index contributed by atoms with van der Waals surface area (Å²) in [7, 11) is 0. The molecule has 2 rings (SSSR count). The lowest BCUT2D eigenvalue weighted by Crippen LogP contribution is -2.30. The van der Waals surface area contributed by atoms with Crippen molar-refractivity contribution in [3.8, 4) is 0 Å². The molecule has 6 nitrogen and oxygen atoms in total. The summed E-state index contributed by atoms with van der Waals surface area (Å²) in [5.41, 5.74) is 1.85. The Labute approximate surface area is 121 Å². The maximum Gasteiger partial charge on any atom is 0.316 e. The quantitative estimate of drug-likeness (QED) is 0.765. The predicted molar refractivity (Wildman–Crippen MR) is 74.3 cm³/mol. The molecular weight excluding hydrogens is 280 g/mol. The number of nitrogens with one attached hydrogen (secondary N) is 1. The molecule has 0 aliphatic heterocycles. The Morgan fingerprint density at radius 1 is 1.45 bits per heavy atom. The lowest BCUT2D eigenvalue weighted by Gasteiger charge is -2.05. The third kappa shape index (κ3) is 4.56. The van der Waals surface area contributed by atoms with Crippen LogP contribution in [0.15, 0.2) is 4.52 Å². The summed E-state index contributed by atoms with van der Waals surface area (Å²) >= 11 is 1.42. The van der Waals surface area contributed by atoms with Gasteiger partial charge in [0.15, 0.2) is 6.61 Å². The monoisotopic (exact) mass is 298 g/mol. The van der Waals surface area contributed by atoms with E-state index in [1.54, 1.807) is 0 Å². The number of carbonyl (C=O) groups excluding carboxylic acids is 2. The van der Waals surface area contributed by atoms with Crippen LogP contribution in [-0.4, -0.2) is 35.4 Å². The van der Waals surface area contributed by atoms with Crippen molar-refractivity contribution in [2.24, 2.45) is 0 Å². The zero-order chi connectivity index (χ0) is 14.5. The van der Waals surface area contributed by atoms with E-state index in [-0.39, 0.29) is 30.3 Å². The highest BCUT2D eigenvalue weighted by atomic mass is 32.2. The van der Waals surface area contributed by atoms with Gasteiger partial charge in [-0.25, -0.2) is 0 Å². The number of esters is 1. The van der Waals surface area contributed by atoms with Crippen LogP contribution in [0.4, 0.5) is 0 Å². The van der Waals surface area contributed by atoms with Crippen molar-refractivity contribution in [2.75, 3.05) is 12.4 Å². The Balaban J connectivity index is 1.61. The van der Waals surface area contributed by atoms with Crippen molar-refractivity contribution in [1.29, 1.82) is 0 Å². The number of thioether (sulfide) groups is 1. The molecule has 110 valence electrons. The highest BCUT2D eigenvalue weighted by Gasteiger charge is 2.23. The number of rotatable bonds is 7. The van der Waals surface area contributed by atoms with Crippen molar-refractivity contribution in [2.45, 2.75) is 38.5 Å². The number of hydrogen-bond donors (Lipinski definition) is 1. The molecule has 0 bridgehead atoms. The van der Waals surface area contributed by atoms with Crippen LogP contribution in [0.5, 0.6) is 0 Å². The lowest BCUT2D eigenvalue weighted by molar-refractivity contribution is -0.145. The minimum atomic E-state index is -0.382. The molecule has 7 heteroatoms. The second-order valence-electron chi connectivity index (χ2n) is 4.80. The summed E-state index contributed by atoms with van der Waals surface area (Å²) in [6.07, 6.45) is 2.04. The van der Waals surface area contributed by atoms with Crippen molar-refractivity contribution >= 4 is 23.6 Å². The molecule has 1 saturated carbocycles. The van der Waals surface area contributed by atoms with Crippen molar-refractivity contribution in [3.05, 3.63) is 17.0 Å². The molecule has 1 amide bonds. The molecule has 1 aromatic rings. The molecule has 0 aromatic carbocycles. The number of nitrogens with zero attached hydrogens (tertiary/aromatic N) is 1. The lowest BCUT2D eigenvalue weighted by atomic mass is 10.2. The van der Waals surface area contributed by atoms with E-state index >= 15 is 0 Å².